The van der Waals surface area contributed by atoms with Crippen molar-refractivity contribution < 1.29 is 4.74 Å². The summed E-state index contributed by atoms with van der Waals surface area (Å²) < 4.78 is 5.09. The Bertz CT molecular complexity index is 251. The zero-order chi connectivity index (χ0) is 12.8. The van der Waals surface area contributed by atoms with E-state index in [1.165, 1.54) is 12.8 Å². The highest BCUT2D eigenvalue weighted by Gasteiger charge is 2.27. The van der Waals surface area contributed by atoms with Crippen molar-refractivity contribution in [3.8, 4) is 0 Å². The van der Waals surface area contributed by atoms with Gasteiger partial charge in [0.2, 0.25) is 5.96 Å². The largest absolute Gasteiger partial charge is 0.382 e. The minimum atomic E-state index is 0.117. The van der Waals surface area contributed by atoms with Gasteiger partial charge in [-0.15, -0.1) is 0 Å². The molecule has 1 saturated carbocycles. The molecule has 0 aromatic heterocycles. The van der Waals surface area contributed by atoms with Gasteiger partial charge >= 0.3 is 0 Å². The van der Waals surface area contributed by atoms with Gasteiger partial charge in [-0.05, 0) is 39.5 Å². The van der Waals surface area contributed by atoms with Gasteiger partial charge in [0.05, 0.1) is 12.6 Å². The Kier molecular flexibility index (Phi) is 5.71. The first kappa shape index (κ1) is 14.3. The summed E-state index contributed by atoms with van der Waals surface area (Å²) in [6.45, 7) is 8.00. The molecule has 0 heterocycles. The van der Waals surface area contributed by atoms with Crippen LogP contribution in [0.2, 0.25) is 0 Å². The lowest BCUT2D eigenvalue weighted by atomic mass is 10.3. The van der Waals surface area contributed by atoms with E-state index in [1.807, 2.05) is 6.92 Å². The first-order valence-corrected chi connectivity index (χ1v) is 6.38. The van der Waals surface area contributed by atoms with Crippen molar-refractivity contribution in [2.75, 3.05) is 20.3 Å². The molecule has 1 aliphatic carbocycles. The Balaban J connectivity index is 2.64. The van der Waals surface area contributed by atoms with Gasteiger partial charge in [0.1, 0.15) is 0 Å². The number of nitrogens with two attached hydrogens (primary N) is 1. The molecule has 0 bridgehead atoms. The Morgan fingerprint density at radius 3 is 2.53 bits per heavy atom. The second-order valence-electron chi connectivity index (χ2n) is 5.09. The molecule has 1 unspecified atom stereocenters. The molecule has 0 aromatic carbocycles. The summed E-state index contributed by atoms with van der Waals surface area (Å²) in [4.78, 5) is 6.81. The second-order valence-corrected chi connectivity index (χ2v) is 5.09. The van der Waals surface area contributed by atoms with Gasteiger partial charge in [-0.3, -0.25) is 5.43 Å². The summed E-state index contributed by atoms with van der Waals surface area (Å²) in [6.07, 6.45) is 2.66. The highest BCUT2D eigenvalue weighted by atomic mass is 16.5. The molecule has 1 atom stereocenters. The van der Waals surface area contributed by atoms with Gasteiger partial charge in [-0.1, -0.05) is 0 Å². The Labute approximate surface area is 104 Å². The monoisotopic (exact) mass is 242 g/mol. The third-order valence-electron chi connectivity index (χ3n) is 2.93. The Morgan fingerprint density at radius 1 is 1.47 bits per heavy atom. The summed E-state index contributed by atoms with van der Waals surface area (Å²) in [7, 11) is 1.69. The van der Waals surface area contributed by atoms with E-state index in [0.717, 1.165) is 18.4 Å². The molecule has 0 radical (unpaired) electrons. The zero-order valence-corrected chi connectivity index (χ0v) is 11.4. The molecule has 5 heteroatoms. The number of nitrogens with zero attached hydrogens (tertiary/aromatic N) is 2. The standard InChI is InChI=1S/C12H26N4O/c1-9(2)16(7-11-5-6-11)12(15-13)14-10(3)8-17-4/h9-11H,5-8,13H2,1-4H3,(H,14,15). The molecule has 0 aliphatic heterocycles. The number of aliphatic imine (C=N–C) groups is 1. The van der Waals surface area contributed by atoms with Crippen molar-refractivity contribution in [2.45, 2.75) is 45.7 Å². The van der Waals surface area contributed by atoms with Gasteiger partial charge < -0.3 is 9.64 Å². The lowest BCUT2D eigenvalue weighted by Gasteiger charge is -2.30. The van der Waals surface area contributed by atoms with Crippen LogP contribution in [0.3, 0.4) is 0 Å². The van der Waals surface area contributed by atoms with Crippen molar-refractivity contribution in [1.29, 1.82) is 0 Å². The predicted octanol–water partition coefficient (Wildman–Crippen LogP) is 0.961. The van der Waals surface area contributed by atoms with Crippen LogP contribution in [0.1, 0.15) is 33.6 Å². The molecule has 1 aliphatic rings. The maximum atomic E-state index is 5.59. The minimum Gasteiger partial charge on any atom is -0.382 e. The molecular weight excluding hydrogens is 216 g/mol. The van der Waals surface area contributed by atoms with Crippen LogP contribution in [0.5, 0.6) is 0 Å². The van der Waals surface area contributed by atoms with Gasteiger partial charge in [0.25, 0.3) is 0 Å². The van der Waals surface area contributed by atoms with Gasteiger partial charge in [0, 0.05) is 19.7 Å². The number of hydrogen-bond donors (Lipinski definition) is 2. The number of ether oxygens (including phenoxy) is 1. The third kappa shape index (κ3) is 4.91. The minimum absolute atomic E-state index is 0.117. The topological polar surface area (TPSA) is 62.9 Å². The van der Waals surface area contributed by atoms with Crippen LogP contribution in [0.15, 0.2) is 4.99 Å². The lowest BCUT2D eigenvalue weighted by Crippen LogP contribution is -2.49. The predicted molar refractivity (Wildman–Crippen MR) is 70.7 cm³/mol. The number of methoxy groups -OCH3 is 1. The van der Waals surface area contributed by atoms with Crippen LogP contribution in [-0.2, 0) is 4.74 Å². The zero-order valence-electron chi connectivity index (χ0n) is 11.4. The van der Waals surface area contributed by atoms with Crippen molar-refractivity contribution in [3.63, 3.8) is 0 Å². The Morgan fingerprint density at radius 2 is 2.12 bits per heavy atom. The Hall–Kier alpha value is -0.810. The van der Waals surface area contributed by atoms with E-state index in [2.05, 4.69) is 29.2 Å². The SMILES string of the molecule is COCC(C)N=C(NN)N(CC1CC1)C(C)C. The van der Waals surface area contributed by atoms with Crippen molar-refractivity contribution >= 4 is 5.96 Å². The van der Waals surface area contributed by atoms with Gasteiger partial charge in [0.15, 0.2) is 0 Å². The number of nitrogens with one attached hydrogen (secondary N) is 1. The number of hydrazine groups is 1. The highest BCUT2D eigenvalue weighted by molar-refractivity contribution is 5.79. The average Bonchev–Trinajstić information content (AvgIpc) is 3.07. The van der Waals surface area contributed by atoms with Crippen LogP contribution in [0.4, 0.5) is 0 Å². The molecule has 17 heavy (non-hydrogen) atoms. The maximum absolute atomic E-state index is 5.59. The lowest BCUT2D eigenvalue weighted by molar-refractivity contribution is 0.184. The molecule has 0 amide bonds. The molecule has 0 spiro atoms. The van der Waals surface area contributed by atoms with E-state index < -0.39 is 0 Å². The fraction of sp³-hybridized carbons (Fsp3) is 0.917. The molecule has 0 aromatic rings. The van der Waals surface area contributed by atoms with Crippen molar-refractivity contribution in [2.24, 2.45) is 16.8 Å². The van der Waals surface area contributed by atoms with Crippen LogP contribution in [-0.4, -0.2) is 43.2 Å². The van der Waals surface area contributed by atoms with Crippen LogP contribution >= 0.6 is 0 Å². The van der Waals surface area contributed by atoms with Crippen LogP contribution in [0, 0.1) is 5.92 Å². The number of guanidine groups is 1. The normalized spacial score (nSPS) is 18.4. The van der Waals surface area contributed by atoms with E-state index >= 15 is 0 Å². The first-order chi connectivity index (χ1) is 8.08. The molecule has 1 fully saturated rings. The average molecular weight is 242 g/mol. The van der Waals surface area contributed by atoms with Crippen LogP contribution in [0.25, 0.3) is 0 Å². The molecule has 3 N–H and O–H groups in total. The van der Waals surface area contributed by atoms with E-state index in [9.17, 15) is 0 Å². The van der Waals surface area contributed by atoms with E-state index in [4.69, 9.17) is 10.6 Å². The van der Waals surface area contributed by atoms with Crippen molar-refractivity contribution in [3.05, 3.63) is 0 Å². The summed E-state index contributed by atoms with van der Waals surface area (Å²) in [5.74, 6) is 7.18. The molecule has 5 nitrogen and oxygen atoms in total. The fourth-order valence-corrected chi connectivity index (χ4v) is 1.80. The fourth-order valence-electron chi connectivity index (χ4n) is 1.80. The first-order valence-electron chi connectivity index (χ1n) is 6.38. The second kappa shape index (κ2) is 6.81. The van der Waals surface area contributed by atoms with Crippen LogP contribution < -0.4 is 11.3 Å². The number of hydrogen-bond acceptors (Lipinski definition) is 3. The summed E-state index contributed by atoms with van der Waals surface area (Å²) >= 11 is 0. The highest BCUT2D eigenvalue weighted by Crippen LogP contribution is 2.30. The maximum Gasteiger partial charge on any atom is 0.208 e. The van der Waals surface area contributed by atoms with E-state index in [1.54, 1.807) is 7.11 Å². The van der Waals surface area contributed by atoms with Gasteiger partial charge in [-0.2, -0.15) is 0 Å². The summed E-state index contributed by atoms with van der Waals surface area (Å²) in [5.41, 5.74) is 2.73. The van der Waals surface area contributed by atoms with Gasteiger partial charge in [-0.25, -0.2) is 10.8 Å². The van der Waals surface area contributed by atoms with Crippen molar-refractivity contribution in [1.82, 2.24) is 10.3 Å². The van der Waals surface area contributed by atoms with E-state index in [-0.39, 0.29) is 6.04 Å². The van der Waals surface area contributed by atoms with E-state index in [0.29, 0.717) is 12.6 Å². The molecular formula is C12H26N4O. The quantitative estimate of drug-likeness (QED) is 0.315. The molecule has 0 saturated heterocycles. The molecule has 1 rings (SSSR count). The third-order valence-corrected chi connectivity index (χ3v) is 2.93. The summed E-state index contributed by atoms with van der Waals surface area (Å²) in [6, 6.07) is 0.520. The smallest absolute Gasteiger partial charge is 0.208 e. The molecule has 100 valence electrons. The number of rotatable bonds is 6. The summed E-state index contributed by atoms with van der Waals surface area (Å²) in [5, 5.41) is 0.